The molecule has 100 valence electrons. The standard InChI is InChI=1S/C13H17FNO3/c1-15(17)12-7-2-9(14)8-13(12)18-11-5-3-10(16)4-6-11/h2,7-8,10-11,16H,3-6H2,1H3/q-1. The summed E-state index contributed by atoms with van der Waals surface area (Å²) in [5, 5.41) is 21.4. The van der Waals surface area contributed by atoms with Gasteiger partial charge in [0.1, 0.15) is 11.6 Å². The van der Waals surface area contributed by atoms with E-state index in [1.807, 2.05) is 0 Å². The quantitative estimate of drug-likeness (QED) is 0.842. The maximum Gasteiger partial charge on any atom is 0.145 e. The molecule has 1 aliphatic carbocycles. The lowest BCUT2D eigenvalue weighted by Crippen LogP contribution is -2.27. The number of rotatable bonds is 3. The van der Waals surface area contributed by atoms with E-state index in [2.05, 4.69) is 0 Å². The van der Waals surface area contributed by atoms with E-state index in [4.69, 9.17) is 4.74 Å². The van der Waals surface area contributed by atoms with Gasteiger partial charge in [-0.25, -0.2) is 4.39 Å². The molecular weight excluding hydrogens is 237 g/mol. The molecule has 1 saturated carbocycles. The number of nitrogens with zero attached hydrogens (tertiary/aromatic N) is 1. The highest BCUT2D eigenvalue weighted by molar-refractivity contribution is 5.58. The van der Waals surface area contributed by atoms with Gasteiger partial charge < -0.3 is 20.1 Å². The minimum atomic E-state index is -0.425. The minimum Gasteiger partial charge on any atom is -0.758 e. The smallest absolute Gasteiger partial charge is 0.145 e. The molecular formula is C13H17FNO3-. The Bertz CT molecular complexity index is 403. The average molecular weight is 254 g/mol. The van der Waals surface area contributed by atoms with Crippen molar-refractivity contribution in [1.82, 2.24) is 0 Å². The number of halogens is 1. The van der Waals surface area contributed by atoms with E-state index < -0.39 is 5.82 Å². The van der Waals surface area contributed by atoms with Gasteiger partial charge in [-0.1, -0.05) is 0 Å². The number of hydroxylamine groups is 1. The topological polar surface area (TPSA) is 55.8 Å². The van der Waals surface area contributed by atoms with Crippen LogP contribution in [0.15, 0.2) is 18.2 Å². The number of ether oxygens (including phenoxy) is 1. The van der Waals surface area contributed by atoms with Crippen LogP contribution in [0.3, 0.4) is 0 Å². The summed E-state index contributed by atoms with van der Waals surface area (Å²) in [5.74, 6) is -0.152. The van der Waals surface area contributed by atoms with Crippen molar-refractivity contribution in [2.24, 2.45) is 0 Å². The first-order chi connectivity index (χ1) is 8.56. The van der Waals surface area contributed by atoms with Crippen LogP contribution in [0.4, 0.5) is 10.1 Å². The van der Waals surface area contributed by atoms with Crippen LogP contribution in [0.2, 0.25) is 0 Å². The molecule has 1 aliphatic rings. The predicted molar refractivity (Wildman–Crippen MR) is 67.1 cm³/mol. The van der Waals surface area contributed by atoms with E-state index in [0.717, 1.165) is 12.8 Å². The zero-order valence-electron chi connectivity index (χ0n) is 10.3. The number of aliphatic hydroxyl groups is 1. The summed E-state index contributed by atoms with van der Waals surface area (Å²) < 4.78 is 18.9. The second kappa shape index (κ2) is 5.54. The van der Waals surface area contributed by atoms with Crippen molar-refractivity contribution in [1.29, 1.82) is 0 Å². The third-order valence-corrected chi connectivity index (χ3v) is 3.20. The summed E-state index contributed by atoms with van der Waals surface area (Å²) in [6.07, 6.45) is 2.48. The molecule has 0 bridgehead atoms. The van der Waals surface area contributed by atoms with Gasteiger partial charge in [0, 0.05) is 6.07 Å². The van der Waals surface area contributed by atoms with Gasteiger partial charge in [0.2, 0.25) is 0 Å². The second-order valence-corrected chi connectivity index (χ2v) is 4.66. The van der Waals surface area contributed by atoms with Gasteiger partial charge in [0.25, 0.3) is 0 Å². The Labute approximate surface area is 106 Å². The van der Waals surface area contributed by atoms with E-state index in [1.54, 1.807) is 0 Å². The minimum absolute atomic E-state index is 0.0612. The molecule has 0 heterocycles. The van der Waals surface area contributed by atoms with Crippen molar-refractivity contribution in [2.75, 3.05) is 12.1 Å². The number of hydrogen-bond donors (Lipinski definition) is 1. The fourth-order valence-corrected chi connectivity index (χ4v) is 2.19. The molecule has 1 aromatic rings. The van der Waals surface area contributed by atoms with Crippen molar-refractivity contribution in [3.8, 4) is 5.75 Å². The molecule has 1 N–H and O–H groups in total. The maximum atomic E-state index is 13.2. The third-order valence-electron chi connectivity index (χ3n) is 3.20. The van der Waals surface area contributed by atoms with Crippen LogP contribution in [-0.4, -0.2) is 24.4 Å². The summed E-state index contributed by atoms with van der Waals surface area (Å²) in [4.78, 5) is 0. The summed E-state index contributed by atoms with van der Waals surface area (Å²) in [6, 6.07) is 3.88. The normalized spacial score (nSPS) is 23.8. The fourth-order valence-electron chi connectivity index (χ4n) is 2.19. The first-order valence-electron chi connectivity index (χ1n) is 6.11. The number of anilines is 1. The van der Waals surface area contributed by atoms with Crippen molar-refractivity contribution in [3.05, 3.63) is 29.2 Å². The molecule has 5 heteroatoms. The van der Waals surface area contributed by atoms with Gasteiger partial charge in [0.15, 0.2) is 0 Å². The predicted octanol–water partition coefficient (Wildman–Crippen LogP) is 2.44. The highest BCUT2D eigenvalue weighted by atomic mass is 19.1. The van der Waals surface area contributed by atoms with E-state index >= 15 is 0 Å². The molecule has 0 amide bonds. The van der Waals surface area contributed by atoms with E-state index in [9.17, 15) is 14.7 Å². The van der Waals surface area contributed by atoms with E-state index in [-0.39, 0.29) is 18.0 Å². The zero-order chi connectivity index (χ0) is 13.1. The first kappa shape index (κ1) is 13.1. The van der Waals surface area contributed by atoms with Gasteiger partial charge >= 0.3 is 0 Å². The summed E-state index contributed by atoms with van der Waals surface area (Å²) in [5.41, 5.74) is 0.322. The Morgan fingerprint density at radius 3 is 2.61 bits per heavy atom. The van der Waals surface area contributed by atoms with Crippen LogP contribution < -0.4 is 9.80 Å². The van der Waals surface area contributed by atoms with Gasteiger partial charge in [-0.05, 0) is 44.9 Å². The summed E-state index contributed by atoms with van der Waals surface area (Å²) in [7, 11) is 1.35. The lowest BCUT2D eigenvalue weighted by atomic mass is 9.95. The number of hydrogen-bond acceptors (Lipinski definition) is 4. The van der Waals surface area contributed by atoms with Crippen LogP contribution in [0, 0.1) is 11.0 Å². The van der Waals surface area contributed by atoms with Gasteiger partial charge in [-0.3, -0.25) is 0 Å². The Morgan fingerprint density at radius 1 is 1.33 bits per heavy atom. The van der Waals surface area contributed by atoms with Crippen molar-refractivity contribution in [2.45, 2.75) is 37.9 Å². The summed E-state index contributed by atoms with van der Waals surface area (Å²) >= 11 is 0. The molecule has 0 aliphatic heterocycles. The lowest BCUT2D eigenvalue weighted by Gasteiger charge is -2.31. The van der Waals surface area contributed by atoms with Crippen LogP contribution in [0.1, 0.15) is 25.7 Å². The van der Waals surface area contributed by atoms with Crippen LogP contribution in [0.25, 0.3) is 0 Å². The van der Waals surface area contributed by atoms with Gasteiger partial charge in [-0.15, -0.1) is 0 Å². The largest absolute Gasteiger partial charge is 0.758 e. The SMILES string of the molecule is CN([O-])c1ccc(F)cc1OC1CCC(O)CC1. The monoisotopic (exact) mass is 254 g/mol. The van der Waals surface area contributed by atoms with Crippen LogP contribution >= 0.6 is 0 Å². The summed E-state index contributed by atoms with van der Waals surface area (Å²) in [6.45, 7) is 0. The molecule has 0 saturated heterocycles. The van der Waals surface area contributed by atoms with E-state index in [1.165, 1.54) is 25.2 Å². The number of aliphatic hydroxyl groups excluding tert-OH is 1. The molecule has 0 radical (unpaired) electrons. The molecule has 18 heavy (non-hydrogen) atoms. The molecule has 0 aromatic heterocycles. The Morgan fingerprint density at radius 2 is 2.00 bits per heavy atom. The molecule has 2 rings (SSSR count). The Hall–Kier alpha value is -1.33. The van der Waals surface area contributed by atoms with Crippen molar-refractivity contribution in [3.63, 3.8) is 0 Å². The zero-order valence-corrected chi connectivity index (χ0v) is 10.3. The molecule has 4 nitrogen and oxygen atoms in total. The maximum absolute atomic E-state index is 13.2. The second-order valence-electron chi connectivity index (χ2n) is 4.66. The molecule has 1 fully saturated rings. The fraction of sp³-hybridized carbons (Fsp3) is 0.538. The van der Waals surface area contributed by atoms with Crippen molar-refractivity contribution >= 4 is 5.69 Å². The molecule has 1 aromatic carbocycles. The van der Waals surface area contributed by atoms with Gasteiger partial charge in [-0.2, -0.15) is 0 Å². The van der Waals surface area contributed by atoms with Crippen molar-refractivity contribution < 1.29 is 14.2 Å². The lowest BCUT2D eigenvalue weighted by molar-refractivity contribution is 0.0667. The molecule has 0 atom stereocenters. The number of benzene rings is 1. The highest BCUT2D eigenvalue weighted by Crippen LogP contribution is 2.31. The molecule has 0 spiro atoms. The van der Waals surface area contributed by atoms with E-state index in [0.29, 0.717) is 23.6 Å². The van der Waals surface area contributed by atoms with Gasteiger partial charge in [0.05, 0.1) is 17.9 Å². The average Bonchev–Trinajstić information content (AvgIpc) is 2.32. The Balaban J connectivity index is 2.10. The highest BCUT2D eigenvalue weighted by Gasteiger charge is 2.21. The Kier molecular flexibility index (Phi) is 4.04. The third kappa shape index (κ3) is 3.11. The van der Waals surface area contributed by atoms with Crippen LogP contribution in [-0.2, 0) is 0 Å². The van der Waals surface area contributed by atoms with Crippen LogP contribution in [0.5, 0.6) is 5.75 Å². The molecule has 0 unspecified atom stereocenters. The first-order valence-corrected chi connectivity index (χ1v) is 6.11.